The van der Waals surface area contributed by atoms with Gasteiger partial charge in [0.15, 0.2) is 11.5 Å². The van der Waals surface area contributed by atoms with Crippen LogP contribution >= 0.6 is 24.0 Å². The van der Waals surface area contributed by atoms with Crippen molar-refractivity contribution >= 4 is 36.1 Å². The van der Waals surface area contributed by atoms with Gasteiger partial charge in [0.1, 0.15) is 12.4 Å². The lowest BCUT2D eigenvalue weighted by atomic mass is 10.1. The summed E-state index contributed by atoms with van der Waals surface area (Å²) in [5.41, 5.74) is 0.706. The van der Waals surface area contributed by atoms with Crippen LogP contribution in [0.5, 0.6) is 17.2 Å². The summed E-state index contributed by atoms with van der Waals surface area (Å²) in [6.07, 6.45) is 1.61. The zero-order valence-corrected chi connectivity index (χ0v) is 19.8. The van der Waals surface area contributed by atoms with Gasteiger partial charge >= 0.3 is 5.97 Å². The summed E-state index contributed by atoms with van der Waals surface area (Å²) in [5, 5.41) is 0.578. The Balaban J connectivity index is 0.00000480. The summed E-state index contributed by atoms with van der Waals surface area (Å²) >= 11 is 5.94. The molecular formula is C23H29Cl2NO5. The number of likely N-dealkylation sites (N-methyl/N-ethyl adjacent to an activating group) is 1. The molecule has 0 aliphatic heterocycles. The highest BCUT2D eigenvalue weighted by molar-refractivity contribution is 6.30. The second-order valence-electron chi connectivity index (χ2n) is 6.34. The molecule has 0 aliphatic rings. The second kappa shape index (κ2) is 13.8. The molecule has 0 bridgehead atoms. The van der Waals surface area contributed by atoms with Crippen LogP contribution in [0.4, 0.5) is 0 Å². The fraction of sp³-hybridized carbons (Fsp3) is 0.348. The summed E-state index contributed by atoms with van der Waals surface area (Å²) in [6.45, 7) is 6.85. The largest absolute Gasteiger partial charge is 0.493 e. The minimum atomic E-state index is -0.549. The third-order valence-corrected chi connectivity index (χ3v) is 4.74. The number of methoxy groups -OCH3 is 2. The van der Waals surface area contributed by atoms with E-state index in [0.717, 1.165) is 13.1 Å². The first-order valence-electron chi connectivity index (χ1n) is 9.77. The van der Waals surface area contributed by atoms with Gasteiger partial charge in [0.05, 0.1) is 14.2 Å². The summed E-state index contributed by atoms with van der Waals surface area (Å²) in [5.74, 6) is 1.13. The van der Waals surface area contributed by atoms with E-state index in [1.54, 1.807) is 62.8 Å². The highest BCUT2D eigenvalue weighted by Crippen LogP contribution is 2.29. The maximum atomic E-state index is 12.7. The molecule has 0 unspecified atom stereocenters. The van der Waals surface area contributed by atoms with Gasteiger partial charge in [0.2, 0.25) is 5.76 Å². The van der Waals surface area contributed by atoms with E-state index in [4.69, 9.17) is 30.5 Å². The van der Waals surface area contributed by atoms with Gasteiger partial charge in [0.25, 0.3) is 0 Å². The first kappa shape index (κ1) is 26.6. The van der Waals surface area contributed by atoms with Gasteiger partial charge < -0.3 is 23.8 Å². The van der Waals surface area contributed by atoms with Gasteiger partial charge in [-0.2, -0.15) is 0 Å². The van der Waals surface area contributed by atoms with Gasteiger partial charge in [-0.1, -0.05) is 31.5 Å². The number of ether oxygens (including phenoxy) is 4. The van der Waals surface area contributed by atoms with Crippen molar-refractivity contribution in [1.29, 1.82) is 0 Å². The standard InChI is InChI=1S/C23H28ClNO5.ClH/c1-5-25(6-2)13-14-29-23(26)22(30-19-10-8-18(24)9-11-19)16-17-7-12-20(27-3)21(15-17)28-4;/h7-12,15-16H,5-6,13-14H2,1-4H3;1H/b22-16-;. The maximum absolute atomic E-state index is 12.7. The van der Waals surface area contributed by atoms with Gasteiger partial charge in [-0.05, 0) is 61.1 Å². The molecule has 170 valence electrons. The molecule has 0 atom stereocenters. The molecule has 2 aromatic carbocycles. The van der Waals surface area contributed by atoms with Crippen LogP contribution in [0.15, 0.2) is 48.2 Å². The smallest absolute Gasteiger partial charge is 0.374 e. The maximum Gasteiger partial charge on any atom is 0.374 e. The van der Waals surface area contributed by atoms with E-state index in [0.29, 0.717) is 34.4 Å². The lowest BCUT2D eigenvalue weighted by Crippen LogP contribution is -2.28. The van der Waals surface area contributed by atoms with Crippen LogP contribution in [0, 0.1) is 0 Å². The number of hydrogen-bond acceptors (Lipinski definition) is 6. The van der Waals surface area contributed by atoms with Crippen molar-refractivity contribution in [1.82, 2.24) is 4.90 Å². The molecule has 8 heteroatoms. The van der Waals surface area contributed by atoms with Crippen molar-refractivity contribution < 1.29 is 23.7 Å². The van der Waals surface area contributed by atoms with Gasteiger partial charge in [-0.25, -0.2) is 4.79 Å². The van der Waals surface area contributed by atoms with Crippen molar-refractivity contribution in [3.05, 3.63) is 58.8 Å². The van der Waals surface area contributed by atoms with E-state index in [9.17, 15) is 4.79 Å². The van der Waals surface area contributed by atoms with Crippen molar-refractivity contribution in [2.45, 2.75) is 13.8 Å². The van der Waals surface area contributed by atoms with Crippen molar-refractivity contribution in [2.24, 2.45) is 0 Å². The number of carbonyl (C=O) groups is 1. The summed E-state index contributed by atoms with van der Waals surface area (Å²) in [7, 11) is 3.12. The minimum Gasteiger partial charge on any atom is -0.493 e. The van der Waals surface area contributed by atoms with E-state index in [2.05, 4.69) is 18.7 Å². The predicted molar refractivity (Wildman–Crippen MR) is 126 cm³/mol. The molecular weight excluding hydrogens is 441 g/mol. The van der Waals surface area contributed by atoms with Crippen LogP contribution in [0.1, 0.15) is 19.4 Å². The lowest BCUT2D eigenvalue weighted by Gasteiger charge is -2.18. The zero-order chi connectivity index (χ0) is 21.9. The number of halogens is 2. The molecule has 2 aromatic rings. The molecule has 0 radical (unpaired) electrons. The average Bonchev–Trinajstić information content (AvgIpc) is 2.77. The topological polar surface area (TPSA) is 57.2 Å². The Labute approximate surface area is 195 Å². The van der Waals surface area contributed by atoms with Gasteiger partial charge in [0, 0.05) is 11.6 Å². The van der Waals surface area contributed by atoms with E-state index in [1.165, 1.54) is 0 Å². The molecule has 0 saturated heterocycles. The molecule has 0 aliphatic carbocycles. The molecule has 0 fully saturated rings. The van der Waals surface area contributed by atoms with Crippen LogP contribution in [0.3, 0.4) is 0 Å². The fourth-order valence-corrected chi connectivity index (χ4v) is 2.86. The second-order valence-corrected chi connectivity index (χ2v) is 6.78. The fourth-order valence-electron chi connectivity index (χ4n) is 2.73. The highest BCUT2D eigenvalue weighted by Gasteiger charge is 2.16. The summed E-state index contributed by atoms with van der Waals surface area (Å²) < 4.78 is 21.9. The minimum absolute atomic E-state index is 0. The molecule has 0 spiro atoms. The molecule has 2 rings (SSSR count). The first-order chi connectivity index (χ1) is 14.5. The van der Waals surface area contributed by atoms with Crippen LogP contribution in [0.25, 0.3) is 6.08 Å². The molecule has 0 N–H and O–H groups in total. The molecule has 31 heavy (non-hydrogen) atoms. The van der Waals surface area contributed by atoms with Crippen LogP contribution < -0.4 is 14.2 Å². The Morgan fingerprint density at radius 2 is 1.65 bits per heavy atom. The monoisotopic (exact) mass is 469 g/mol. The van der Waals surface area contributed by atoms with Crippen LogP contribution in [0.2, 0.25) is 5.02 Å². The Kier molecular flexibility index (Phi) is 11.9. The Morgan fingerprint density at radius 3 is 2.23 bits per heavy atom. The highest BCUT2D eigenvalue weighted by atomic mass is 35.5. The van der Waals surface area contributed by atoms with Gasteiger partial charge in [-0.3, -0.25) is 0 Å². The number of carbonyl (C=O) groups excluding carboxylic acids is 1. The quantitative estimate of drug-likeness (QED) is 0.259. The Bertz CT molecular complexity index is 852. The van der Waals surface area contributed by atoms with Crippen molar-refractivity contribution in [3.8, 4) is 17.2 Å². The van der Waals surface area contributed by atoms with E-state index < -0.39 is 5.97 Å². The predicted octanol–water partition coefficient (Wildman–Crippen LogP) is 5.08. The van der Waals surface area contributed by atoms with E-state index in [-0.39, 0.29) is 24.8 Å². The third-order valence-electron chi connectivity index (χ3n) is 4.48. The van der Waals surface area contributed by atoms with E-state index >= 15 is 0 Å². The molecule has 6 nitrogen and oxygen atoms in total. The average molecular weight is 470 g/mol. The van der Waals surface area contributed by atoms with Gasteiger partial charge in [-0.15, -0.1) is 12.4 Å². The zero-order valence-electron chi connectivity index (χ0n) is 18.2. The molecule has 0 amide bonds. The summed E-state index contributed by atoms with van der Waals surface area (Å²) in [4.78, 5) is 14.9. The number of esters is 1. The number of hydrogen-bond donors (Lipinski definition) is 0. The molecule has 0 aromatic heterocycles. The normalized spacial score (nSPS) is 11.0. The third kappa shape index (κ3) is 8.32. The van der Waals surface area contributed by atoms with Crippen LogP contribution in [-0.4, -0.2) is 51.3 Å². The number of nitrogens with zero attached hydrogens (tertiary/aromatic N) is 1. The first-order valence-corrected chi connectivity index (χ1v) is 10.1. The number of benzene rings is 2. The van der Waals surface area contributed by atoms with Crippen molar-refractivity contribution in [3.63, 3.8) is 0 Å². The Hall–Kier alpha value is -2.41. The SMILES string of the molecule is CCN(CC)CCOC(=O)/C(=C/c1ccc(OC)c(OC)c1)Oc1ccc(Cl)cc1.Cl. The van der Waals surface area contributed by atoms with Crippen LogP contribution in [-0.2, 0) is 9.53 Å². The lowest BCUT2D eigenvalue weighted by molar-refractivity contribution is -0.141. The summed E-state index contributed by atoms with van der Waals surface area (Å²) in [6, 6.07) is 12.1. The van der Waals surface area contributed by atoms with E-state index in [1.807, 2.05) is 0 Å². The van der Waals surface area contributed by atoms with Crippen molar-refractivity contribution in [2.75, 3.05) is 40.5 Å². The number of rotatable bonds is 11. The molecule has 0 saturated carbocycles. The Morgan fingerprint density at radius 1 is 1.00 bits per heavy atom. The molecule has 0 heterocycles.